The summed E-state index contributed by atoms with van der Waals surface area (Å²) in [5.41, 5.74) is 4.00. The first-order valence-electron chi connectivity index (χ1n) is 14.7. The van der Waals surface area contributed by atoms with Gasteiger partial charge in [-0.1, -0.05) is 90.3 Å². The molecule has 0 atom stereocenters. The maximum atomic E-state index is 13.3. The lowest BCUT2D eigenvalue weighted by Gasteiger charge is -2.22. The van der Waals surface area contributed by atoms with Crippen molar-refractivity contribution in [1.82, 2.24) is 30.6 Å². The van der Waals surface area contributed by atoms with Crippen LogP contribution in [0.4, 0.5) is 0 Å². The van der Waals surface area contributed by atoms with Crippen molar-refractivity contribution in [2.45, 2.75) is 30.1 Å². The van der Waals surface area contributed by atoms with E-state index in [1.165, 1.54) is 30.6 Å². The number of aromatic nitrogens is 4. The summed E-state index contributed by atoms with van der Waals surface area (Å²) in [6.07, 6.45) is -0.838. The maximum Gasteiger partial charge on any atom is 0.232 e. The van der Waals surface area contributed by atoms with Crippen LogP contribution < -0.4 is 20.1 Å². The molecule has 0 spiro atoms. The van der Waals surface area contributed by atoms with Crippen LogP contribution in [-0.4, -0.2) is 57.5 Å². The molecule has 2 amide bonds. The number of nitrogens with one attached hydrogen (secondary N) is 2. The summed E-state index contributed by atoms with van der Waals surface area (Å²) in [5.74, 6) is 1.74. The molecule has 240 valence electrons. The van der Waals surface area contributed by atoms with Crippen molar-refractivity contribution in [3.05, 3.63) is 108 Å². The lowest BCUT2D eigenvalue weighted by Crippen LogP contribution is -2.42. The zero-order valence-electron chi connectivity index (χ0n) is 26.4. The Labute approximate surface area is 282 Å². The van der Waals surface area contributed by atoms with Crippen molar-refractivity contribution in [2.75, 3.05) is 25.7 Å². The van der Waals surface area contributed by atoms with E-state index < -0.39 is 6.17 Å². The Kier molecular flexibility index (Phi) is 11.4. The molecule has 2 heterocycles. The van der Waals surface area contributed by atoms with E-state index in [2.05, 4.69) is 30.6 Å². The molecule has 0 aliphatic rings. The molecule has 5 aromatic rings. The van der Waals surface area contributed by atoms with Gasteiger partial charge >= 0.3 is 0 Å². The highest BCUT2D eigenvalue weighted by molar-refractivity contribution is 8.00. The fraction of sp³-hybridized carbons (Fsp3) is 0.200. The quantitative estimate of drug-likeness (QED) is 0.0871. The Morgan fingerprint density at radius 1 is 0.638 bits per heavy atom. The number of amides is 2. The number of ether oxygens (including phenoxy) is 2. The van der Waals surface area contributed by atoms with Crippen molar-refractivity contribution < 1.29 is 19.1 Å². The molecule has 0 aliphatic carbocycles. The molecule has 2 N–H and O–H groups in total. The summed E-state index contributed by atoms with van der Waals surface area (Å²) >= 11 is 2.58. The summed E-state index contributed by atoms with van der Waals surface area (Å²) in [4.78, 5) is 44.9. The standard InChI is InChI=1S/C35H34N6O4S2/c1-22-17-31(40-33(36-22)24-11-7-5-8-12-24)46-20-29(42)38-35(26-15-16-27(44-3)28(19-26)45-4)39-30(43)21-47-32-18-23(2)37-34(41-32)25-13-9-6-10-14-25/h5-19,35H,20-21H2,1-4H3,(H,38,42)(H,39,43). The van der Waals surface area contributed by atoms with Crippen LogP contribution in [0.25, 0.3) is 22.8 Å². The third-order valence-corrected chi connectivity index (χ3v) is 8.60. The normalized spacial score (nSPS) is 10.8. The SMILES string of the molecule is COc1ccc(C(NC(=O)CSc2cc(C)nc(-c3ccccc3)n2)NC(=O)CSc2cc(C)nc(-c3ccccc3)n2)cc1OC. The minimum absolute atomic E-state index is 0.0710. The van der Waals surface area contributed by atoms with Crippen LogP contribution >= 0.6 is 23.5 Å². The minimum Gasteiger partial charge on any atom is -0.493 e. The summed E-state index contributed by atoms with van der Waals surface area (Å²) < 4.78 is 10.9. The van der Waals surface area contributed by atoms with Gasteiger partial charge in [0.1, 0.15) is 16.2 Å². The highest BCUT2D eigenvalue weighted by Crippen LogP contribution is 2.30. The number of methoxy groups -OCH3 is 2. The van der Waals surface area contributed by atoms with Crippen molar-refractivity contribution in [1.29, 1.82) is 0 Å². The van der Waals surface area contributed by atoms with Crippen LogP contribution in [0.3, 0.4) is 0 Å². The average molecular weight is 667 g/mol. The summed E-state index contributed by atoms with van der Waals surface area (Å²) in [5, 5.41) is 7.25. The van der Waals surface area contributed by atoms with E-state index in [-0.39, 0.29) is 23.3 Å². The van der Waals surface area contributed by atoms with Crippen molar-refractivity contribution >= 4 is 35.3 Å². The molecular formula is C35H34N6O4S2. The molecule has 0 aliphatic heterocycles. The molecule has 2 aromatic heterocycles. The highest BCUT2D eigenvalue weighted by Gasteiger charge is 2.20. The van der Waals surface area contributed by atoms with Gasteiger partial charge in [-0.3, -0.25) is 9.59 Å². The molecule has 0 radical (unpaired) electrons. The van der Waals surface area contributed by atoms with E-state index in [0.717, 1.165) is 22.5 Å². The number of rotatable bonds is 13. The number of hydrogen-bond donors (Lipinski definition) is 2. The highest BCUT2D eigenvalue weighted by atomic mass is 32.2. The van der Waals surface area contributed by atoms with Gasteiger partial charge in [-0.25, -0.2) is 19.9 Å². The van der Waals surface area contributed by atoms with Crippen LogP contribution in [0.1, 0.15) is 23.1 Å². The lowest BCUT2D eigenvalue weighted by molar-refractivity contribution is -0.121. The maximum absolute atomic E-state index is 13.3. The predicted molar refractivity (Wildman–Crippen MR) is 184 cm³/mol. The van der Waals surface area contributed by atoms with Crippen LogP contribution in [0.2, 0.25) is 0 Å². The zero-order chi connectivity index (χ0) is 33.2. The van der Waals surface area contributed by atoms with Gasteiger partial charge in [0, 0.05) is 22.5 Å². The molecule has 3 aromatic carbocycles. The molecule has 10 nitrogen and oxygen atoms in total. The molecule has 5 rings (SSSR count). The molecule has 0 fully saturated rings. The Balaban J connectivity index is 1.28. The van der Waals surface area contributed by atoms with E-state index >= 15 is 0 Å². The number of aryl methyl sites for hydroxylation is 2. The second-order valence-corrected chi connectivity index (χ2v) is 12.3. The number of thioether (sulfide) groups is 2. The van der Waals surface area contributed by atoms with Crippen molar-refractivity contribution in [3.8, 4) is 34.3 Å². The fourth-order valence-electron chi connectivity index (χ4n) is 4.58. The van der Waals surface area contributed by atoms with E-state index in [1.54, 1.807) is 25.3 Å². The fourth-order valence-corrected chi connectivity index (χ4v) is 6.11. The van der Waals surface area contributed by atoms with Gasteiger partial charge in [-0.15, -0.1) is 0 Å². The number of hydrogen-bond acceptors (Lipinski definition) is 10. The molecule has 0 saturated carbocycles. The van der Waals surface area contributed by atoms with Gasteiger partial charge in [0.05, 0.1) is 25.7 Å². The summed E-state index contributed by atoms with van der Waals surface area (Å²) in [7, 11) is 3.07. The smallest absolute Gasteiger partial charge is 0.232 e. The van der Waals surface area contributed by atoms with E-state index in [0.29, 0.717) is 38.8 Å². The molecular weight excluding hydrogens is 633 g/mol. The first-order chi connectivity index (χ1) is 22.8. The number of benzene rings is 3. The van der Waals surface area contributed by atoms with Crippen LogP contribution in [-0.2, 0) is 9.59 Å². The topological polar surface area (TPSA) is 128 Å². The van der Waals surface area contributed by atoms with Crippen molar-refractivity contribution in [3.63, 3.8) is 0 Å². The van der Waals surface area contributed by atoms with Crippen LogP contribution in [0, 0.1) is 13.8 Å². The summed E-state index contributed by atoms with van der Waals surface area (Å²) in [6.45, 7) is 3.79. The zero-order valence-corrected chi connectivity index (χ0v) is 28.0. The third kappa shape index (κ3) is 9.30. The first kappa shape index (κ1) is 33.4. The van der Waals surface area contributed by atoms with E-state index in [9.17, 15) is 9.59 Å². The molecule has 12 heteroatoms. The Morgan fingerprint density at radius 3 is 1.55 bits per heavy atom. The Bertz CT molecular complexity index is 1740. The minimum atomic E-state index is -0.838. The largest absolute Gasteiger partial charge is 0.493 e. The second-order valence-electron chi connectivity index (χ2n) is 10.3. The molecule has 0 unspecified atom stereocenters. The summed E-state index contributed by atoms with van der Waals surface area (Å²) in [6, 6.07) is 28.3. The number of carbonyl (C=O) groups is 2. The van der Waals surface area contributed by atoms with E-state index in [4.69, 9.17) is 9.47 Å². The third-order valence-electron chi connectivity index (χ3n) is 6.78. The number of carbonyl (C=O) groups excluding carboxylic acids is 2. The van der Waals surface area contributed by atoms with Gasteiger partial charge in [-0.2, -0.15) is 0 Å². The Morgan fingerprint density at radius 2 is 1.11 bits per heavy atom. The van der Waals surface area contributed by atoms with Crippen LogP contribution in [0.5, 0.6) is 11.5 Å². The predicted octanol–water partition coefficient (Wildman–Crippen LogP) is 6.05. The molecule has 47 heavy (non-hydrogen) atoms. The number of nitrogens with zero attached hydrogens (tertiary/aromatic N) is 4. The lowest BCUT2D eigenvalue weighted by atomic mass is 10.1. The van der Waals surface area contributed by atoms with Gasteiger partial charge in [-0.05, 0) is 43.7 Å². The van der Waals surface area contributed by atoms with E-state index in [1.807, 2.05) is 86.6 Å². The van der Waals surface area contributed by atoms with Crippen molar-refractivity contribution in [2.24, 2.45) is 0 Å². The molecule has 0 bridgehead atoms. The van der Waals surface area contributed by atoms with Crippen LogP contribution in [0.15, 0.2) is 101 Å². The second kappa shape index (κ2) is 16.1. The average Bonchev–Trinajstić information content (AvgIpc) is 3.09. The van der Waals surface area contributed by atoms with Gasteiger partial charge < -0.3 is 20.1 Å². The Hall–Kier alpha value is -4.94. The van der Waals surface area contributed by atoms with Gasteiger partial charge in [0.15, 0.2) is 23.1 Å². The molecule has 0 saturated heterocycles. The first-order valence-corrected chi connectivity index (χ1v) is 16.7. The monoisotopic (exact) mass is 666 g/mol. The van der Waals surface area contributed by atoms with Gasteiger partial charge in [0.2, 0.25) is 11.8 Å². The van der Waals surface area contributed by atoms with Gasteiger partial charge in [0.25, 0.3) is 0 Å².